The summed E-state index contributed by atoms with van der Waals surface area (Å²) in [7, 11) is 2.22. The third-order valence-corrected chi connectivity index (χ3v) is 5.04. The van der Waals surface area contributed by atoms with Gasteiger partial charge in [-0.3, -0.25) is 10.2 Å². The van der Waals surface area contributed by atoms with Crippen molar-refractivity contribution in [2.45, 2.75) is 71.0 Å². The fraction of sp³-hybridized carbons (Fsp3) is 0.941. The molecular weight excluding hydrogens is 260 g/mol. The van der Waals surface area contributed by atoms with Gasteiger partial charge in [0.1, 0.15) is 5.54 Å². The maximum atomic E-state index is 9.53. The van der Waals surface area contributed by atoms with E-state index >= 15 is 0 Å². The molecule has 0 aliphatic carbocycles. The molecule has 122 valence electrons. The summed E-state index contributed by atoms with van der Waals surface area (Å²) in [6.45, 7) is 13.2. The van der Waals surface area contributed by atoms with Crippen LogP contribution in [0.4, 0.5) is 0 Å². The third kappa shape index (κ3) is 5.25. The van der Waals surface area contributed by atoms with Crippen molar-refractivity contribution in [2.24, 2.45) is 0 Å². The van der Waals surface area contributed by atoms with Crippen molar-refractivity contribution in [3.05, 3.63) is 0 Å². The summed E-state index contributed by atoms with van der Waals surface area (Å²) < 4.78 is 0. The van der Waals surface area contributed by atoms with E-state index in [0.717, 1.165) is 51.9 Å². The second-order valence-corrected chi connectivity index (χ2v) is 6.70. The average Bonchev–Trinajstić information content (AvgIpc) is 2.48. The number of piperazine rings is 1. The van der Waals surface area contributed by atoms with Gasteiger partial charge in [-0.25, -0.2) is 0 Å². The Bertz CT molecular complexity index is 326. The van der Waals surface area contributed by atoms with Crippen molar-refractivity contribution in [2.75, 3.05) is 33.2 Å². The smallest absolute Gasteiger partial charge is 0.106 e. The Morgan fingerprint density at radius 3 is 2.33 bits per heavy atom. The highest BCUT2D eigenvalue weighted by Gasteiger charge is 2.29. The summed E-state index contributed by atoms with van der Waals surface area (Å²) >= 11 is 0. The zero-order valence-electron chi connectivity index (χ0n) is 14.7. The second-order valence-electron chi connectivity index (χ2n) is 6.70. The first-order valence-electron chi connectivity index (χ1n) is 8.58. The molecule has 1 aliphatic rings. The molecule has 0 bridgehead atoms. The van der Waals surface area contributed by atoms with Crippen LogP contribution >= 0.6 is 0 Å². The molecular formula is C17H34N4. The van der Waals surface area contributed by atoms with Crippen LogP contribution < -0.4 is 5.32 Å². The van der Waals surface area contributed by atoms with Gasteiger partial charge >= 0.3 is 0 Å². The van der Waals surface area contributed by atoms with Crippen molar-refractivity contribution in [3.63, 3.8) is 0 Å². The van der Waals surface area contributed by atoms with Crippen LogP contribution in [0.2, 0.25) is 0 Å². The molecule has 0 aromatic rings. The van der Waals surface area contributed by atoms with Gasteiger partial charge in [-0.15, -0.1) is 0 Å². The molecule has 0 radical (unpaired) electrons. The lowest BCUT2D eigenvalue weighted by Gasteiger charge is -2.42. The number of nitrogens with one attached hydrogen (secondary N) is 1. The minimum Gasteiger partial charge on any atom is -0.300 e. The first kappa shape index (κ1) is 18.4. The van der Waals surface area contributed by atoms with Gasteiger partial charge in [0, 0.05) is 25.2 Å². The van der Waals surface area contributed by atoms with Gasteiger partial charge in [0.2, 0.25) is 0 Å². The van der Waals surface area contributed by atoms with Crippen LogP contribution in [0.25, 0.3) is 0 Å². The normalized spacial score (nSPS) is 27.2. The third-order valence-electron chi connectivity index (χ3n) is 5.04. The molecule has 0 aromatic heterocycles. The number of nitrogens with zero attached hydrogens (tertiary/aromatic N) is 3. The Morgan fingerprint density at radius 2 is 1.86 bits per heavy atom. The molecule has 1 saturated heterocycles. The van der Waals surface area contributed by atoms with Crippen molar-refractivity contribution in [1.82, 2.24) is 15.1 Å². The topological polar surface area (TPSA) is 42.3 Å². The monoisotopic (exact) mass is 294 g/mol. The Morgan fingerprint density at radius 1 is 1.24 bits per heavy atom. The van der Waals surface area contributed by atoms with Crippen LogP contribution in [0.3, 0.4) is 0 Å². The van der Waals surface area contributed by atoms with Gasteiger partial charge in [0.25, 0.3) is 0 Å². The van der Waals surface area contributed by atoms with E-state index in [1.54, 1.807) is 0 Å². The van der Waals surface area contributed by atoms with Crippen molar-refractivity contribution < 1.29 is 0 Å². The summed E-state index contributed by atoms with van der Waals surface area (Å²) in [6, 6.07) is 3.77. The van der Waals surface area contributed by atoms with Gasteiger partial charge in [0.15, 0.2) is 0 Å². The Hall–Kier alpha value is -0.630. The number of nitriles is 1. The lowest BCUT2D eigenvalue weighted by atomic mass is 9.91. The second kappa shape index (κ2) is 8.73. The lowest BCUT2D eigenvalue weighted by molar-refractivity contribution is 0.0582. The summed E-state index contributed by atoms with van der Waals surface area (Å²) in [5, 5.41) is 13.0. The van der Waals surface area contributed by atoms with E-state index < -0.39 is 0 Å². The maximum Gasteiger partial charge on any atom is 0.106 e. The van der Waals surface area contributed by atoms with Crippen LogP contribution in [-0.2, 0) is 0 Å². The first-order chi connectivity index (χ1) is 9.98. The first-order valence-corrected chi connectivity index (χ1v) is 8.58. The standard InChI is InChI=1S/C17H34N4/c1-6-10-19-17(7-2,14-18)9-8-11-21-12-15(3)20(5)16(4)13-21/h15-16,19H,6-13H2,1-5H3. The Kier molecular flexibility index (Phi) is 7.65. The predicted molar refractivity (Wildman–Crippen MR) is 89.3 cm³/mol. The molecule has 0 spiro atoms. The fourth-order valence-corrected chi connectivity index (χ4v) is 3.23. The van der Waals surface area contributed by atoms with E-state index in [9.17, 15) is 5.26 Å². The molecule has 1 rings (SSSR count). The fourth-order valence-electron chi connectivity index (χ4n) is 3.23. The van der Waals surface area contributed by atoms with Gasteiger partial charge < -0.3 is 4.90 Å². The van der Waals surface area contributed by atoms with Gasteiger partial charge in [-0.05, 0) is 59.7 Å². The van der Waals surface area contributed by atoms with Crippen LogP contribution in [0.15, 0.2) is 0 Å². The van der Waals surface area contributed by atoms with Crippen LogP contribution in [0, 0.1) is 11.3 Å². The highest BCUT2D eigenvalue weighted by atomic mass is 15.3. The van der Waals surface area contributed by atoms with E-state index in [1.807, 2.05) is 0 Å². The van der Waals surface area contributed by atoms with Gasteiger partial charge in [0.05, 0.1) is 6.07 Å². The van der Waals surface area contributed by atoms with Crippen LogP contribution in [0.1, 0.15) is 53.4 Å². The molecule has 0 saturated carbocycles. The van der Waals surface area contributed by atoms with Crippen molar-refractivity contribution in [3.8, 4) is 6.07 Å². The lowest BCUT2D eigenvalue weighted by Crippen LogP contribution is -2.55. The van der Waals surface area contributed by atoms with E-state index in [1.165, 1.54) is 0 Å². The SMILES string of the molecule is CCCNC(C#N)(CC)CCCN1CC(C)N(C)C(C)C1. The van der Waals surface area contributed by atoms with Crippen molar-refractivity contribution in [1.29, 1.82) is 5.26 Å². The molecule has 4 nitrogen and oxygen atoms in total. The summed E-state index contributed by atoms with van der Waals surface area (Å²) in [4.78, 5) is 5.03. The molecule has 1 aliphatic heterocycles. The molecule has 0 aromatic carbocycles. The summed E-state index contributed by atoms with van der Waals surface area (Å²) in [5.41, 5.74) is -0.320. The molecule has 3 unspecified atom stereocenters. The Balaban J connectivity index is 2.42. The molecule has 1 N–H and O–H groups in total. The van der Waals surface area contributed by atoms with E-state index in [0.29, 0.717) is 12.1 Å². The minimum atomic E-state index is -0.320. The summed E-state index contributed by atoms with van der Waals surface area (Å²) in [5.74, 6) is 0. The van der Waals surface area contributed by atoms with E-state index in [-0.39, 0.29) is 5.54 Å². The Labute approximate surface area is 131 Å². The highest BCUT2D eigenvalue weighted by Crippen LogP contribution is 2.19. The van der Waals surface area contributed by atoms with Crippen LogP contribution in [-0.4, -0.2) is 60.6 Å². The number of rotatable bonds is 8. The maximum absolute atomic E-state index is 9.53. The number of hydrogen-bond donors (Lipinski definition) is 1. The molecule has 0 amide bonds. The van der Waals surface area contributed by atoms with Gasteiger partial charge in [-0.2, -0.15) is 5.26 Å². The quantitative estimate of drug-likeness (QED) is 0.747. The molecule has 21 heavy (non-hydrogen) atoms. The predicted octanol–water partition coefficient (Wildman–Crippen LogP) is 2.46. The average molecular weight is 294 g/mol. The largest absolute Gasteiger partial charge is 0.300 e. The van der Waals surface area contributed by atoms with Crippen molar-refractivity contribution >= 4 is 0 Å². The molecule has 1 fully saturated rings. The number of hydrogen-bond acceptors (Lipinski definition) is 4. The minimum absolute atomic E-state index is 0.320. The van der Waals surface area contributed by atoms with E-state index in [2.05, 4.69) is 55.9 Å². The van der Waals surface area contributed by atoms with E-state index in [4.69, 9.17) is 0 Å². The van der Waals surface area contributed by atoms with Crippen LogP contribution in [0.5, 0.6) is 0 Å². The van der Waals surface area contributed by atoms with Gasteiger partial charge in [-0.1, -0.05) is 13.8 Å². The molecule has 1 heterocycles. The summed E-state index contributed by atoms with van der Waals surface area (Å²) in [6.07, 6.45) is 4.02. The zero-order valence-corrected chi connectivity index (χ0v) is 14.7. The molecule has 3 atom stereocenters. The highest BCUT2D eigenvalue weighted by molar-refractivity contribution is 5.06. The number of likely N-dealkylation sites (N-methyl/N-ethyl adjacent to an activating group) is 1. The zero-order chi connectivity index (χ0) is 15.9. The molecule has 4 heteroatoms.